The van der Waals surface area contributed by atoms with Crippen LogP contribution in [0.5, 0.6) is 5.75 Å². The van der Waals surface area contributed by atoms with Gasteiger partial charge in [0.1, 0.15) is 23.8 Å². The number of hydrogen-bond donors (Lipinski definition) is 1. The third kappa shape index (κ3) is 4.34. The van der Waals surface area contributed by atoms with E-state index in [-0.39, 0.29) is 18.7 Å². The van der Waals surface area contributed by atoms with Gasteiger partial charge in [0, 0.05) is 24.7 Å². The van der Waals surface area contributed by atoms with Crippen LogP contribution in [0.1, 0.15) is 17.2 Å². The number of ether oxygens (including phenoxy) is 1. The first-order valence-electron chi connectivity index (χ1n) is 9.44. The maximum atomic E-state index is 14.6. The van der Waals surface area contributed by atoms with Gasteiger partial charge in [0.2, 0.25) is 11.7 Å². The van der Waals surface area contributed by atoms with E-state index in [2.05, 4.69) is 9.72 Å². The Morgan fingerprint density at radius 3 is 2.66 bits per heavy atom. The van der Waals surface area contributed by atoms with Crippen LogP contribution in [0.15, 0.2) is 60.5 Å². The van der Waals surface area contributed by atoms with Crippen LogP contribution in [-0.2, 0) is 11.2 Å². The summed E-state index contributed by atoms with van der Waals surface area (Å²) >= 11 is 0. The monoisotopic (exact) mass is 453 g/mol. The summed E-state index contributed by atoms with van der Waals surface area (Å²) in [5.74, 6) is -3.11. The number of alkyl halides is 3. The average Bonchev–Trinajstić information content (AvgIpc) is 2.74. The molecule has 1 aromatic carbocycles. The Morgan fingerprint density at radius 1 is 1.19 bits per heavy atom. The van der Waals surface area contributed by atoms with Crippen molar-refractivity contribution in [2.75, 3.05) is 6.54 Å². The lowest BCUT2D eigenvalue weighted by atomic mass is 9.92. The predicted molar refractivity (Wildman–Crippen MR) is 100 cm³/mol. The van der Waals surface area contributed by atoms with E-state index < -0.39 is 47.4 Å². The van der Waals surface area contributed by atoms with Crippen molar-refractivity contribution in [1.29, 1.82) is 0 Å². The SMILES string of the molecule is O=C1C2=CC=CCN2C(Cc2ccc(F)nc2)N(O)C1c1cc(OC(F)(F)F)ccc1F. The van der Waals surface area contributed by atoms with Crippen molar-refractivity contribution in [1.82, 2.24) is 14.9 Å². The van der Waals surface area contributed by atoms with E-state index in [1.54, 1.807) is 17.1 Å². The number of hydroxylamine groups is 2. The Labute approximate surface area is 178 Å². The van der Waals surface area contributed by atoms with Crippen LogP contribution < -0.4 is 4.74 Å². The number of carbonyl (C=O) groups excluding carboxylic acids is 1. The van der Waals surface area contributed by atoms with Gasteiger partial charge in [-0.3, -0.25) is 4.79 Å². The summed E-state index contributed by atoms with van der Waals surface area (Å²) < 4.78 is 69.5. The molecule has 0 bridgehead atoms. The number of carbonyl (C=O) groups is 1. The molecule has 1 N–H and O–H groups in total. The number of benzene rings is 1. The number of nitrogens with zero attached hydrogens (tertiary/aromatic N) is 3. The largest absolute Gasteiger partial charge is 0.573 e. The van der Waals surface area contributed by atoms with E-state index in [9.17, 15) is 32.0 Å². The van der Waals surface area contributed by atoms with Gasteiger partial charge in [-0.1, -0.05) is 18.2 Å². The maximum Gasteiger partial charge on any atom is 0.573 e. The highest BCUT2D eigenvalue weighted by Crippen LogP contribution is 2.38. The fourth-order valence-electron chi connectivity index (χ4n) is 3.76. The Morgan fingerprint density at radius 2 is 1.97 bits per heavy atom. The van der Waals surface area contributed by atoms with Gasteiger partial charge in [0.05, 0.1) is 5.70 Å². The molecule has 0 spiro atoms. The molecule has 2 unspecified atom stereocenters. The normalized spacial score (nSPS) is 21.4. The van der Waals surface area contributed by atoms with E-state index in [0.717, 1.165) is 24.3 Å². The van der Waals surface area contributed by atoms with Crippen LogP contribution >= 0.6 is 0 Å². The number of allylic oxidation sites excluding steroid dienone is 2. The second-order valence-corrected chi connectivity index (χ2v) is 7.18. The van der Waals surface area contributed by atoms with Crippen LogP contribution in [-0.4, -0.2) is 45.0 Å². The molecule has 32 heavy (non-hydrogen) atoms. The lowest BCUT2D eigenvalue weighted by molar-refractivity contribution is -0.274. The molecule has 2 aromatic rings. The first-order chi connectivity index (χ1) is 15.1. The number of aromatic nitrogens is 1. The first-order valence-corrected chi connectivity index (χ1v) is 9.44. The fourth-order valence-corrected chi connectivity index (χ4v) is 3.76. The summed E-state index contributed by atoms with van der Waals surface area (Å²) in [6, 6.07) is 3.20. The molecule has 11 heteroatoms. The molecule has 2 aliphatic rings. The van der Waals surface area contributed by atoms with Gasteiger partial charge >= 0.3 is 6.36 Å². The molecule has 0 saturated carbocycles. The topological polar surface area (TPSA) is 65.9 Å². The lowest BCUT2D eigenvalue weighted by Gasteiger charge is -2.47. The van der Waals surface area contributed by atoms with Gasteiger partial charge in [-0.15, -0.1) is 13.2 Å². The molecule has 168 valence electrons. The number of halogens is 5. The highest BCUT2D eigenvalue weighted by atomic mass is 19.4. The summed E-state index contributed by atoms with van der Waals surface area (Å²) in [6.07, 6.45) is 0.234. The highest BCUT2D eigenvalue weighted by Gasteiger charge is 2.45. The molecular weight excluding hydrogens is 437 g/mol. The number of rotatable bonds is 4. The molecule has 0 aliphatic carbocycles. The molecule has 0 amide bonds. The van der Waals surface area contributed by atoms with Gasteiger partial charge in [-0.05, 0) is 35.9 Å². The fraction of sp³-hybridized carbons (Fsp3) is 0.238. The van der Waals surface area contributed by atoms with Crippen LogP contribution in [0.4, 0.5) is 22.0 Å². The highest BCUT2D eigenvalue weighted by molar-refractivity contribution is 6.00. The smallest absolute Gasteiger partial charge is 0.406 e. The van der Waals surface area contributed by atoms with Gasteiger partial charge in [0.15, 0.2) is 0 Å². The van der Waals surface area contributed by atoms with E-state index in [1.165, 1.54) is 18.3 Å². The standard InChI is InChI=1S/C21H16F5N3O3/c22-15-6-5-13(32-21(24,25)26)10-14(15)19-20(30)16-3-1-2-8-28(16)18(29(19)31)9-12-4-7-17(23)27-11-12/h1-7,10-11,18-19,31H,8-9H2. The van der Waals surface area contributed by atoms with Crippen molar-refractivity contribution in [2.24, 2.45) is 0 Å². The quantitative estimate of drug-likeness (QED) is 0.560. The molecule has 4 rings (SSSR count). The van der Waals surface area contributed by atoms with Crippen LogP contribution in [0.25, 0.3) is 0 Å². The number of fused-ring (bicyclic) bond motifs is 1. The van der Waals surface area contributed by atoms with Crippen molar-refractivity contribution >= 4 is 5.78 Å². The molecule has 0 radical (unpaired) electrons. The molecule has 6 nitrogen and oxygen atoms in total. The molecule has 2 atom stereocenters. The summed E-state index contributed by atoms with van der Waals surface area (Å²) in [4.78, 5) is 18.3. The minimum atomic E-state index is -5.02. The van der Waals surface area contributed by atoms with Crippen molar-refractivity contribution in [3.63, 3.8) is 0 Å². The van der Waals surface area contributed by atoms with Crippen molar-refractivity contribution in [3.8, 4) is 5.75 Å². The van der Waals surface area contributed by atoms with Gasteiger partial charge in [-0.2, -0.15) is 9.45 Å². The molecular formula is C21H16F5N3O3. The second-order valence-electron chi connectivity index (χ2n) is 7.18. The summed E-state index contributed by atoms with van der Waals surface area (Å²) in [5, 5.41) is 11.5. The van der Waals surface area contributed by atoms with E-state index in [1.807, 2.05) is 0 Å². The first kappa shape index (κ1) is 21.9. The van der Waals surface area contributed by atoms with Gasteiger partial charge in [-0.25, -0.2) is 9.37 Å². The maximum absolute atomic E-state index is 14.6. The molecule has 3 heterocycles. The molecule has 2 aliphatic heterocycles. The van der Waals surface area contributed by atoms with Gasteiger partial charge in [0.25, 0.3) is 0 Å². The number of hydrogen-bond acceptors (Lipinski definition) is 6. The lowest BCUT2D eigenvalue weighted by Crippen LogP contribution is -2.57. The zero-order chi connectivity index (χ0) is 23.0. The minimum absolute atomic E-state index is 0.0686. The van der Waals surface area contributed by atoms with Crippen LogP contribution in [0.3, 0.4) is 0 Å². The van der Waals surface area contributed by atoms with E-state index in [4.69, 9.17) is 0 Å². The van der Waals surface area contributed by atoms with Gasteiger partial charge < -0.3 is 14.8 Å². The van der Waals surface area contributed by atoms with Crippen LogP contribution in [0.2, 0.25) is 0 Å². The summed E-state index contributed by atoms with van der Waals surface area (Å²) in [6.45, 7) is 0.250. The Hall–Kier alpha value is -3.31. The zero-order valence-corrected chi connectivity index (χ0v) is 16.3. The van der Waals surface area contributed by atoms with Crippen molar-refractivity contribution in [2.45, 2.75) is 25.0 Å². The van der Waals surface area contributed by atoms with E-state index >= 15 is 0 Å². The van der Waals surface area contributed by atoms with Crippen LogP contribution in [0, 0.1) is 11.8 Å². The minimum Gasteiger partial charge on any atom is -0.406 e. The second kappa shape index (κ2) is 8.32. The zero-order valence-electron chi connectivity index (χ0n) is 16.3. The number of Topliss-reactive ketones (excluding diaryl/α,β-unsaturated/α-hetero) is 1. The molecule has 1 aromatic heterocycles. The number of ketones is 1. The molecule has 1 fully saturated rings. The average molecular weight is 453 g/mol. The molecule has 1 saturated heterocycles. The predicted octanol–water partition coefficient (Wildman–Crippen LogP) is 3.90. The summed E-state index contributed by atoms with van der Waals surface area (Å²) in [7, 11) is 0. The third-order valence-electron chi connectivity index (χ3n) is 5.13. The Kier molecular flexibility index (Phi) is 5.70. The summed E-state index contributed by atoms with van der Waals surface area (Å²) in [5.41, 5.74) is 0.202. The Balaban J connectivity index is 1.74. The Bertz CT molecular complexity index is 1090. The third-order valence-corrected chi connectivity index (χ3v) is 5.13. The number of pyridine rings is 1. The van der Waals surface area contributed by atoms with E-state index in [0.29, 0.717) is 10.6 Å². The van der Waals surface area contributed by atoms with Crippen molar-refractivity contribution in [3.05, 3.63) is 83.3 Å². The van der Waals surface area contributed by atoms with Crippen molar-refractivity contribution < 1.29 is 36.7 Å².